The number of nitrogens with zero attached hydrogens (tertiary/aromatic N) is 1. The van der Waals surface area contributed by atoms with Gasteiger partial charge in [0.05, 0.1) is 29.9 Å². The average Bonchev–Trinajstić information content (AvgIpc) is 3.38. The third kappa shape index (κ3) is 7.30. The summed E-state index contributed by atoms with van der Waals surface area (Å²) in [5.41, 5.74) is 1.09. The van der Waals surface area contributed by atoms with Gasteiger partial charge >= 0.3 is 0 Å². The van der Waals surface area contributed by atoms with Crippen molar-refractivity contribution >= 4 is 34.4 Å². The first kappa shape index (κ1) is 31.1. The number of carbonyl (C=O) groups is 2. The number of methoxy groups -OCH3 is 1. The minimum Gasteiger partial charge on any atom is -0.493 e. The number of hydrogen-bond acceptors (Lipinski definition) is 7. The van der Waals surface area contributed by atoms with Crippen LogP contribution in [0.15, 0.2) is 23.8 Å². The lowest BCUT2D eigenvalue weighted by Gasteiger charge is -2.45. The molecule has 0 saturated heterocycles. The molecule has 2 amide bonds. The highest BCUT2D eigenvalue weighted by molar-refractivity contribution is 14.1. The van der Waals surface area contributed by atoms with Crippen LogP contribution in [0.4, 0.5) is 0 Å². The number of aliphatic hydroxyl groups excluding tert-OH is 3. The number of aliphatic hydroxyl groups is 3. The minimum atomic E-state index is -1.07. The van der Waals surface area contributed by atoms with Crippen molar-refractivity contribution in [1.82, 2.24) is 10.2 Å². The van der Waals surface area contributed by atoms with Crippen molar-refractivity contribution < 1.29 is 34.4 Å². The van der Waals surface area contributed by atoms with Gasteiger partial charge in [0.1, 0.15) is 12.2 Å². The Bertz CT molecular complexity index is 1050. The number of benzene rings is 1. The van der Waals surface area contributed by atoms with Crippen LogP contribution in [0, 0.1) is 9.49 Å². The summed E-state index contributed by atoms with van der Waals surface area (Å²) in [6.07, 6.45) is 9.76. The van der Waals surface area contributed by atoms with Gasteiger partial charge in [-0.1, -0.05) is 38.5 Å². The molecule has 2 saturated carbocycles. The van der Waals surface area contributed by atoms with Crippen LogP contribution >= 0.6 is 22.6 Å². The number of rotatable bonds is 10. The van der Waals surface area contributed by atoms with E-state index in [1.165, 1.54) is 7.11 Å². The molecule has 40 heavy (non-hydrogen) atoms. The molecule has 4 rings (SSSR count). The van der Waals surface area contributed by atoms with Crippen LogP contribution in [0.5, 0.6) is 11.5 Å². The Morgan fingerprint density at radius 3 is 2.35 bits per heavy atom. The first-order valence-corrected chi connectivity index (χ1v) is 15.7. The van der Waals surface area contributed by atoms with E-state index in [4.69, 9.17) is 9.47 Å². The lowest BCUT2D eigenvalue weighted by molar-refractivity contribution is -0.146. The van der Waals surface area contributed by atoms with Gasteiger partial charge in [-0.3, -0.25) is 9.59 Å². The van der Waals surface area contributed by atoms with E-state index in [1.54, 1.807) is 18.2 Å². The van der Waals surface area contributed by atoms with Crippen molar-refractivity contribution in [2.75, 3.05) is 20.3 Å². The van der Waals surface area contributed by atoms with Crippen molar-refractivity contribution in [2.45, 2.75) is 102 Å². The first-order chi connectivity index (χ1) is 19.4. The molecule has 0 aromatic heterocycles. The second-order valence-corrected chi connectivity index (χ2v) is 12.3. The molecule has 9 nitrogen and oxygen atoms in total. The number of ether oxygens (including phenoxy) is 2. The van der Waals surface area contributed by atoms with Gasteiger partial charge in [-0.05, 0) is 72.0 Å². The molecule has 0 radical (unpaired) electrons. The SMILES string of the molecule is COc1cc(CO)cc(I)c1OC1C=C(C(=O)NCCO)CC(N(C(=O)C2CCCC2)C2CCCCCC2)C1O. The van der Waals surface area contributed by atoms with Crippen molar-refractivity contribution in [3.05, 3.63) is 32.9 Å². The van der Waals surface area contributed by atoms with Gasteiger partial charge in [0.15, 0.2) is 11.5 Å². The zero-order valence-corrected chi connectivity index (χ0v) is 25.5. The monoisotopic (exact) mass is 670 g/mol. The maximum Gasteiger partial charge on any atom is 0.247 e. The minimum absolute atomic E-state index is 0.00858. The van der Waals surface area contributed by atoms with E-state index in [2.05, 4.69) is 27.9 Å². The van der Waals surface area contributed by atoms with Crippen LogP contribution in [0.1, 0.15) is 76.2 Å². The Kier molecular flexibility index (Phi) is 11.5. The van der Waals surface area contributed by atoms with Gasteiger partial charge in [0.25, 0.3) is 0 Å². The lowest BCUT2D eigenvalue weighted by atomic mass is 9.85. The highest BCUT2D eigenvalue weighted by atomic mass is 127. The summed E-state index contributed by atoms with van der Waals surface area (Å²) < 4.78 is 12.6. The van der Waals surface area contributed by atoms with E-state index >= 15 is 0 Å². The molecule has 0 heterocycles. The van der Waals surface area contributed by atoms with E-state index < -0.39 is 18.2 Å². The number of halogens is 1. The number of carbonyl (C=O) groups excluding carboxylic acids is 2. The molecular formula is C30H43IN2O7. The number of nitrogens with one attached hydrogen (secondary N) is 1. The van der Waals surface area contributed by atoms with Crippen molar-refractivity contribution in [3.63, 3.8) is 0 Å². The Hall–Kier alpha value is -1.89. The summed E-state index contributed by atoms with van der Waals surface area (Å²) in [7, 11) is 1.51. The third-order valence-corrected chi connectivity index (χ3v) is 9.28. The van der Waals surface area contributed by atoms with Gasteiger partial charge < -0.3 is 35.0 Å². The van der Waals surface area contributed by atoms with Gasteiger partial charge in [0.2, 0.25) is 11.8 Å². The fourth-order valence-electron chi connectivity index (χ4n) is 6.40. The largest absolute Gasteiger partial charge is 0.493 e. The van der Waals surface area contributed by atoms with Gasteiger partial charge in [-0.2, -0.15) is 0 Å². The molecule has 4 N–H and O–H groups in total. The van der Waals surface area contributed by atoms with E-state index in [1.807, 2.05) is 4.90 Å². The summed E-state index contributed by atoms with van der Waals surface area (Å²) >= 11 is 2.10. The quantitative estimate of drug-likeness (QED) is 0.222. The molecular weight excluding hydrogens is 627 g/mol. The Balaban J connectivity index is 1.72. The number of hydrogen-bond donors (Lipinski definition) is 4. The van der Waals surface area contributed by atoms with Crippen LogP contribution in [0.3, 0.4) is 0 Å². The molecule has 1 aromatic rings. The third-order valence-electron chi connectivity index (χ3n) is 8.47. The van der Waals surface area contributed by atoms with Crippen LogP contribution in [-0.4, -0.2) is 76.6 Å². The van der Waals surface area contributed by atoms with Crippen LogP contribution in [0.25, 0.3) is 0 Å². The van der Waals surface area contributed by atoms with Gasteiger partial charge in [-0.25, -0.2) is 0 Å². The van der Waals surface area contributed by atoms with Crippen molar-refractivity contribution in [2.24, 2.45) is 5.92 Å². The Labute approximate surface area is 250 Å². The molecule has 3 unspecified atom stereocenters. The molecule has 0 aliphatic heterocycles. The zero-order chi connectivity index (χ0) is 28.6. The van der Waals surface area contributed by atoms with E-state index in [9.17, 15) is 24.9 Å². The highest BCUT2D eigenvalue weighted by Gasteiger charge is 2.45. The fraction of sp³-hybridized carbons (Fsp3) is 0.667. The van der Waals surface area contributed by atoms with Gasteiger partial charge in [0, 0.05) is 30.5 Å². The second kappa shape index (κ2) is 14.8. The summed E-state index contributed by atoms with van der Waals surface area (Å²) in [4.78, 5) is 29.2. The topological polar surface area (TPSA) is 129 Å². The Morgan fingerprint density at radius 2 is 1.73 bits per heavy atom. The molecule has 2 fully saturated rings. The summed E-state index contributed by atoms with van der Waals surface area (Å²) in [5.74, 6) is 0.501. The molecule has 3 aliphatic rings. The highest BCUT2D eigenvalue weighted by Crippen LogP contribution is 2.39. The smallest absolute Gasteiger partial charge is 0.247 e. The second-order valence-electron chi connectivity index (χ2n) is 11.2. The molecule has 0 spiro atoms. The van der Waals surface area contributed by atoms with Gasteiger partial charge in [-0.15, -0.1) is 0 Å². The van der Waals surface area contributed by atoms with Crippen LogP contribution in [-0.2, 0) is 16.2 Å². The van der Waals surface area contributed by atoms with Crippen LogP contribution in [0.2, 0.25) is 0 Å². The maximum absolute atomic E-state index is 14.1. The summed E-state index contributed by atoms with van der Waals surface area (Å²) in [6.45, 7) is -0.238. The molecule has 10 heteroatoms. The van der Waals surface area contributed by atoms with E-state index in [0.29, 0.717) is 26.2 Å². The molecule has 3 aliphatic carbocycles. The van der Waals surface area contributed by atoms with E-state index in [-0.39, 0.29) is 50.0 Å². The molecule has 0 bridgehead atoms. The van der Waals surface area contributed by atoms with Crippen molar-refractivity contribution in [3.8, 4) is 11.5 Å². The number of amides is 2. The fourth-order valence-corrected chi connectivity index (χ4v) is 7.19. The summed E-state index contributed by atoms with van der Waals surface area (Å²) in [5, 5.41) is 33.5. The molecule has 3 atom stereocenters. The normalized spacial score (nSPS) is 24.2. The average molecular weight is 671 g/mol. The standard InChI is InChI=1S/C30H43IN2O7/c1-39-26-15-19(18-35)14-23(31)28(26)40-25-17-21(29(37)32-12-13-34)16-24(27(25)36)33(22-10-4-2-3-5-11-22)30(38)20-8-6-7-9-20/h14-15,17,20,22,24-25,27,34-36H,2-13,16,18H2,1H3,(H,32,37). The summed E-state index contributed by atoms with van der Waals surface area (Å²) in [6, 6.07) is 2.85. The predicted octanol–water partition coefficient (Wildman–Crippen LogP) is 3.45. The van der Waals surface area contributed by atoms with E-state index in [0.717, 1.165) is 64.2 Å². The van der Waals surface area contributed by atoms with Crippen LogP contribution < -0.4 is 14.8 Å². The lowest BCUT2D eigenvalue weighted by Crippen LogP contribution is -2.59. The zero-order valence-electron chi connectivity index (χ0n) is 23.3. The molecule has 1 aromatic carbocycles. The Morgan fingerprint density at radius 1 is 1.05 bits per heavy atom. The van der Waals surface area contributed by atoms with Crippen molar-refractivity contribution in [1.29, 1.82) is 0 Å². The first-order valence-electron chi connectivity index (χ1n) is 14.6. The predicted molar refractivity (Wildman–Crippen MR) is 159 cm³/mol. The molecule has 222 valence electrons. The maximum atomic E-state index is 14.1.